The number of aryl methyl sites for hydroxylation is 1. The molecule has 0 saturated carbocycles. The first-order valence-corrected chi connectivity index (χ1v) is 8.85. The summed E-state index contributed by atoms with van der Waals surface area (Å²) < 4.78 is 11.4. The highest BCUT2D eigenvalue weighted by molar-refractivity contribution is 7.84. The zero-order chi connectivity index (χ0) is 17.0. The third kappa shape index (κ3) is 4.39. The van der Waals surface area contributed by atoms with Crippen molar-refractivity contribution in [2.75, 3.05) is 18.6 Å². The second-order valence-electron chi connectivity index (χ2n) is 5.40. The summed E-state index contributed by atoms with van der Waals surface area (Å²) >= 11 is 0. The molecule has 23 heavy (non-hydrogen) atoms. The summed E-state index contributed by atoms with van der Waals surface area (Å²) in [6.45, 7) is 3.82. The standard InChI is InChI=1S/C17H21N3O2S/c1-12-6-5-7-16(18-12)19-17(21)20(3)13(2)14-8-10-15(11-9-14)23(4)22/h5-11,13H,1-4H3,(H,18,19,21). The zero-order valence-electron chi connectivity index (χ0n) is 13.7. The number of anilines is 1. The van der Waals surface area contributed by atoms with Gasteiger partial charge in [-0.2, -0.15) is 0 Å². The van der Waals surface area contributed by atoms with Gasteiger partial charge in [0.25, 0.3) is 0 Å². The van der Waals surface area contributed by atoms with E-state index in [0.717, 1.165) is 16.2 Å². The van der Waals surface area contributed by atoms with Gasteiger partial charge in [-0.3, -0.25) is 9.53 Å². The van der Waals surface area contributed by atoms with Crippen molar-refractivity contribution in [3.8, 4) is 0 Å². The van der Waals surface area contributed by atoms with Crippen LogP contribution in [-0.2, 0) is 10.8 Å². The van der Waals surface area contributed by atoms with Crippen molar-refractivity contribution in [1.82, 2.24) is 9.88 Å². The number of carbonyl (C=O) groups is 1. The lowest BCUT2D eigenvalue weighted by atomic mass is 10.1. The van der Waals surface area contributed by atoms with E-state index in [2.05, 4.69) is 10.3 Å². The SMILES string of the molecule is Cc1cccc(NC(=O)N(C)C(C)c2ccc(S(C)=O)cc2)n1. The van der Waals surface area contributed by atoms with Crippen molar-refractivity contribution in [2.24, 2.45) is 0 Å². The van der Waals surface area contributed by atoms with Crippen molar-refractivity contribution in [2.45, 2.75) is 24.8 Å². The minimum absolute atomic E-state index is 0.112. The van der Waals surface area contributed by atoms with Crippen LogP contribution in [0.2, 0.25) is 0 Å². The fraction of sp³-hybridized carbons (Fsp3) is 0.294. The first kappa shape index (κ1) is 17.1. The van der Waals surface area contributed by atoms with Gasteiger partial charge in [0.05, 0.1) is 6.04 Å². The van der Waals surface area contributed by atoms with Crippen LogP contribution < -0.4 is 5.32 Å². The Morgan fingerprint density at radius 3 is 2.43 bits per heavy atom. The molecule has 0 aliphatic heterocycles. The zero-order valence-corrected chi connectivity index (χ0v) is 14.6. The monoisotopic (exact) mass is 331 g/mol. The van der Waals surface area contributed by atoms with Crippen molar-refractivity contribution in [3.05, 3.63) is 53.7 Å². The maximum atomic E-state index is 12.3. The summed E-state index contributed by atoms with van der Waals surface area (Å²) in [5.41, 5.74) is 1.83. The Morgan fingerprint density at radius 2 is 1.87 bits per heavy atom. The number of aromatic nitrogens is 1. The van der Waals surface area contributed by atoms with Crippen LogP contribution in [0.25, 0.3) is 0 Å². The second-order valence-corrected chi connectivity index (χ2v) is 6.78. The normalized spacial score (nSPS) is 13.2. The van der Waals surface area contributed by atoms with Crippen molar-refractivity contribution in [1.29, 1.82) is 0 Å². The number of benzene rings is 1. The van der Waals surface area contributed by atoms with Crippen LogP contribution in [0.5, 0.6) is 0 Å². The molecule has 0 saturated heterocycles. The van der Waals surface area contributed by atoms with E-state index in [1.165, 1.54) is 0 Å². The van der Waals surface area contributed by atoms with Crippen molar-refractivity contribution in [3.63, 3.8) is 0 Å². The molecule has 0 spiro atoms. The lowest BCUT2D eigenvalue weighted by Gasteiger charge is -2.25. The maximum Gasteiger partial charge on any atom is 0.323 e. The number of carbonyl (C=O) groups excluding carboxylic acids is 1. The molecule has 0 aliphatic rings. The Kier molecular flexibility index (Phi) is 5.50. The van der Waals surface area contributed by atoms with E-state index >= 15 is 0 Å². The molecule has 1 aromatic carbocycles. The van der Waals surface area contributed by atoms with E-state index in [-0.39, 0.29) is 12.1 Å². The maximum absolute atomic E-state index is 12.3. The summed E-state index contributed by atoms with van der Waals surface area (Å²) in [6.07, 6.45) is 1.65. The number of pyridine rings is 1. The fourth-order valence-electron chi connectivity index (χ4n) is 2.15. The van der Waals surface area contributed by atoms with Crippen LogP contribution in [0, 0.1) is 6.92 Å². The fourth-order valence-corrected chi connectivity index (χ4v) is 2.67. The number of nitrogens with zero attached hydrogens (tertiary/aromatic N) is 2. The summed E-state index contributed by atoms with van der Waals surface area (Å²) in [7, 11) is 0.738. The molecule has 0 fully saturated rings. The van der Waals surface area contributed by atoms with E-state index in [0.29, 0.717) is 5.82 Å². The highest BCUT2D eigenvalue weighted by atomic mass is 32.2. The molecule has 2 amide bonds. The molecule has 0 radical (unpaired) electrons. The summed E-state index contributed by atoms with van der Waals surface area (Å²) in [6, 6.07) is 12.6. The minimum atomic E-state index is -1.000. The number of nitrogens with one attached hydrogen (secondary N) is 1. The third-order valence-electron chi connectivity index (χ3n) is 3.72. The van der Waals surface area contributed by atoms with Crippen LogP contribution >= 0.6 is 0 Å². The molecule has 1 heterocycles. The van der Waals surface area contributed by atoms with Crippen LogP contribution in [0.3, 0.4) is 0 Å². The largest absolute Gasteiger partial charge is 0.323 e. The predicted molar refractivity (Wildman–Crippen MR) is 92.9 cm³/mol. The Hall–Kier alpha value is -2.21. The third-order valence-corrected chi connectivity index (χ3v) is 4.66. The number of rotatable bonds is 4. The minimum Gasteiger partial charge on any atom is -0.321 e. The summed E-state index contributed by atoms with van der Waals surface area (Å²) in [5, 5.41) is 2.79. The van der Waals surface area contributed by atoms with Gasteiger partial charge in [0.15, 0.2) is 0 Å². The van der Waals surface area contributed by atoms with E-state index in [1.807, 2.05) is 50.2 Å². The van der Waals surface area contributed by atoms with Crippen LogP contribution in [0.1, 0.15) is 24.2 Å². The first-order chi connectivity index (χ1) is 10.9. The summed E-state index contributed by atoms with van der Waals surface area (Å²) in [4.78, 5) is 19.0. The van der Waals surface area contributed by atoms with Gasteiger partial charge < -0.3 is 4.90 Å². The Labute approximate surface area is 139 Å². The van der Waals surface area contributed by atoms with Crippen LogP contribution in [0.15, 0.2) is 47.4 Å². The Morgan fingerprint density at radius 1 is 1.22 bits per heavy atom. The number of amides is 2. The molecule has 122 valence electrons. The Bertz CT molecular complexity index is 716. The molecule has 2 rings (SSSR count). The Balaban J connectivity index is 2.07. The molecular weight excluding hydrogens is 310 g/mol. The van der Waals surface area contributed by atoms with E-state index in [1.54, 1.807) is 24.3 Å². The predicted octanol–water partition coefficient (Wildman–Crippen LogP) is 3.35. The van der Waals surface area contributed by atoms with Crippen molar-refractivity contribution < 1.29 is 9.00 Å². The van der Waals surface area contributed by atoms with E-state index < -0.39 is 10.8 Å². The summed E-state index contributed by atoms with van der Waals surface area (Å²) in [5.74, 6) is 0.533. The van der Waals surface area contributed by atoms with Gasteiger partial charge >= 0.3 is 6.03 Å². The molecule has 1 aromatic heterocycles. The van der Waals surface area contributed by atoms with Crippen molar-refractivity contribution >= 4 is 22.6 Å². The molecule has 0 aliphatic carbocycles. The number of hydrogen-bond donors (Lipinski definition) is 1. The highest BCUT2D eigenvalue weighted by Crippen LogP contribution is 2.21. The number of hydrogen-bond acceptors (Lipinski definition) is 3. The van der Waals surface area contributed by atoms with Gasteiger partial charge in [-0.15, -0.1) is 0 Å². The van der Waals surface area contributed by atoms with Crippen LogP contribution in [-0.4, -0.2) is 33.4 Å². The quantitative estimate of drug-likeness (QED) is 0.934. The molecule has 2 aromatic rings. The molecule has 6 heteroatoms. The molecule has 2 atom stereocenters. The smallest absolute Gasteiger partial charge is 0.321 e. The second kappa shape index (κ2) is 7.37. The average molecular weight is 331 g/mol. The van der Waals surface area contributed by atoms with Gasteiger partial charge in [-0.05, 0) is 43.7 Å². The van der Waals surface area contributed by atoms with Gasteiger partial charge in [0.2, 0.25) is 0 Å². The molecule has 5 nitrogen and oxygen atoms in total. The van der Waals surface area contributed by atoms with E-state index in [9.17, 15) is 9.00 Å². The number of urea groups is 1. The molecule has 2 unspecified atom stereocenters. The average Bonchev–Trinajstić information content (AvgIpc) is 2.53. The lowest BCUT2D eigenvalue weighted by molar-refractivity contribution is 0.208. The van der Waals surface area contributed by atoms with Crippen LogP contribution in [0.4, 0.5) is 10.6 Å². The topological polar surface area (TPSA) is 62.3 Å². The van der Waals surface area contributed by atoms with E-state index in [4.69, 9.17) is 0 Å². The molecular formula is C17H21N3O2S. The van der Waals surface area contributed by atoms with Gasteiger partial charge in [-0.1, -0.05) is 18.2 Å². The van der Waals surface area contributed by atoms with Gasteiger partial charge in [-0.25, -0.2) is 9.78 Å². The molecule has 1 N–H and O–H groups in total. The van der Waals surface area contributed by atoms with Gasteiger partial charge in [0, 0.05) is 34.7 Å². The first-order valence-electron chi connectivity index (χ1n) is 7.29. The lowest BCUT2D eigenvalue weighted by Crippen LogP contribution is -2.33. The highest BCUT2D eigenvalue weighted by Gasteiger charge is 2.18. The van der Waals surface area contributed by atoms with Gasteiger partial charge in [0.1, 0.15) is 5.82 Å². The molecule has 0 bridgehead atoms.